The number of carbonyl (C=O) groups is 1. The Labute approximate surface area is 63.8 Å². The van der Waals surface area contributed by atoms with Crippen LogP contribution in [0.1, 0.15) is 40.0 Å². The molecule has 0 atom stereocenters. The molecule has 0 unspecified atom stereocenters. The summed E-state index contributed by atoms with van der Waals surface area (Å²) < 4.78 is 0. The Morgan fingerprint density at radius 2 is 1.80 bits per heavy atom. The van der Waals surface area contributed by atoms with E-state index in [2.05, 4.69) is 0 Å². The van der Waals surface area contributed by atoms with E-state index in [-0.39, 0.29) is 5.78 Å². The summed E-state index contributed by atoms with van der Waals surface area (Å²) in [5.74, 6) is 0.262. The van der Waals surface area contributed by atoms with E-state index in [1.54, 1.807) is 6.92 Å². The Morgan fingerprint density at radius 3 is 2.10 bits per heavy atom. The van der Waals surface area contributed by atoms with E-state index in [1.165, 1.54) is 0 Å². The lowest BCUT2D eigenvalue weighted by Crippen LogP contribution is -1.99. The fourth-order valence-corrected chi connectivity index (χ4v) is 0.518. The normalized spacial score (nSPS) is 8.00. The van der Waals surface area contributed by atoms with Gasteiger partial charge < -0.3 is 10.5 Å². The SMILES string of the molecule is CC.CC(=O)CCCCN. The van der Waals surface area contributed by atoms with Crippen LogP contribution < -0.4 is 5.73 Å². The summed E-state index contributed by atoms with van der Waals surface area (Å²) in [6.45, 7) is 6.31. The topological polar surface area (TPSA) is 43.1 Å². The van der Waals surface area contributed by atoms with E-state index in [4.69, 9.17) is 5.73 Å². The summed E-state index contributed by atoms with van der Waals surface area (Å²) in [5.41, 5.74) is 5.20. The fourth-order valence-electron chi connectivity index (χ4n) is 0.518. The predicted octanol–water partition coefficient (Wildman–Crippen LogP) is 1.73. The molecule has 0 heterocycles. The third-order valence-electron chi connectivity index (χ3n) is 0.983. The molecule has 0 bridgehead atoms. The Morgan fingerprint density at radius 1 is 1.30 bits per heavy atom. The maximum atomic E-state index is 10.3. The monoisotopic (exact) mass is 145 g/mol. The fraction of sp³-hybridized carbons (Fsp3) is 0.875. The summed E-state index contributed by atoms with van der Waals surface area (Å²) in [6, 6.07) is 0. The molecule has 0 aliphatic heterocycles. The maximum absolute atomic E-state index is 10.3. The van der Waals surface area contributed by atoms with Gasteiger partial charge in [-0.15, -0.1) is 0 Å². The van der Waals surface area contributed by atoms with Crippen molar-refractivity contribution in [3.8, 4) is 0 Å². The molecule has 2 heteroatoms. The first-order valence-corrected chi connectivity index (χ1v) is 3.97. The van der Waals surface area contributed by atoms with Crippen LogP contribution in [-0.2, 0) is 4.79 Å². The lowest BCUT2D eigenvalue weighted by Gasteiger charge is -1.90. The molecule has 0 rings (SSSR count). The minimum absolute atomic E-state index is 0.262. The van der Waals surface area contributed by atoms with Gasteiger partial charge in [0.2, 0.25) is 0 Å². The molecular weight excluding hydrogens is 126 g/mol. The van der Waals surface area contributed by atoms with E-state index in [0.29, 0.717) is 13.0 Å². The molecule has 0 spiro atoms. The van der Waals surface area contributed by atoms with E-state index in [0.717, 1.165) is 12.8 Å². The van der Waals surface area contributed by atoms with Crippen molar-refractivity contribution in [1.82, 2.24) is 0 Å². The standard InChI is InChI=1S/C6H13NO.C2H6/c1-6(8)4-2-3-5-7;1-2/h2-5,7H2,1H3;1-2H3. The summed E-state index contributed by atoms with van der Waals surface area (Å²) in [7, 11) is 0. The molecule has 62 valence electrons. The zero-order chi connectivity index (χ0) is 8.41. The van der Waals surface area contributed by atoms with E-state index >= 15 is 0 Å². The largest absolute Gasteiger partial charge is 0.330 e. The van der Waals surface area contributed by atoms with Gasteiger partial charge in [0, 0.05) is 6.42 Å². The van der Waals surface area contributed by atoms with Gasteiger partial charge in [-0.05, 0) is 26.3 Å². The average molecular weight is 145 g/mol. The molecule has 0 aromatic carbocycles. The molecule has 0 aromatic heterocycles. The second kappa shape index (κ2) is 11.4. The van der Waals surface area contributed by atoms with Crippen LogP contribution >= 0.6 is 0 Å². The molecule has 0 aromatic rings. The van der Waals surface area contributed by atoms with Gasteiger partial charge in [0.05, 0.1) is 0 Å². The third-order valence-corrected chi connectivity index (χ3v) is 0.983. The van der Waals surface area contributed by atoms with Crippen LogP contribution in [0.4, 0.5) is 0 Å². The molecule has 0 amide bonds. The van der Waals surface area contributed by atoms with Gasteiger partial charge in [0.25, 0.3) is 0 Å². The van der Waals surface area contributed by atoms with Crippen molar-refractivity contribution >= 4 is 5.78 Å². The number of hydrogen-bond acceptors (Lipinski definition) is 2. The smallest absolute Gasteiger partial charge is 0.129 e. The quantitative estimate of drug-likeness (QED) is 0.612. The first kappa shape index (κ1) is 12.3. The number of ketones is 1. The van der Waals surface area contributed by atoms with E-state index in [9.17, 15) is 4.79 Å². The highest BCUT2D eigenvalue weighted by Crippen LogP contribution is 1.92. The first-order valence-electron chi connectivity index (χ1n) is 3.97. The zero-order valence-electron chi connectivity index (χ0n) is 7.31. The lowest BCUT2D eigenvalue weighted by atomic mass is 10.2. The number of nitrogens with two attached hydrogens (primary N) is 1. The highest BCUT2D eigenvalue weighted by atomic mass is 16.1. The van der Waals surface area contributed by atoms with Gasteiger partial charge in [-0.3, -0.25) is 0 Å². The minimum Gasteiger partial charge on any atom is -0.330 e. The summed E-state index contributed by atoms with van der Waals surface area (Å²) >= 11 is 0. The number of rotatable bonds is 4. The predicted molar refractivity (Wildman–Crippen MR) is 44.9 cm³/mol. The van der Waals surface area contributed by atoms with E-state index < -0.39 is 0 Å². The van der Waals surface area contributed by atoms with E-state index in [1.807, 2.05) is 13.8 Å². The van der Waals surface area contributed by atoms with Crippen LogP contribution in [-0.4, -0.2) is 12.3 Å². The maximum Gasteiger partial charge on any atom is 0.129 e. The van der Waals surface area contributed by atoms with Crippen molar-refractivity contribution in [1.29, 1.82) is 0 Å². The van der Waals surface area contributed by atoms with Crippen molar-refractivity contribution in [3.05, 3.63) is 0 Å². The van der Waals surface area contributed by atoms with Gasteiger partial charge in [-0.2, -0.15) is 0 Å². The molecule has 0 saturated heterocycles. The molecule has 0 aliphatic rings. The van der Waals surface area contributed by atoms with Crippen LogP contribution in [0.3, 0.4) is 0 Å². The Bertz CT molecular complexity index is 71.7. The molecule has 2 N–H and O–H groups in total. The van der Waals surface area contributed by atoms with Gasteiger partial charge >= 0.3 is 0 Å². The number of unbranched alkanes of at least 4 members (excludes halogenated alkanes) is 1. The lowest BCUT2D eigenvalue weighted by molar-refractivity contribution is -0.117. The van der Waals surface area contributed by atoms with Crippen LogP contribution in [0.25, 0.3) is 0 Å². The summed E-state index contributed by atoms with van der Waals surface area (Å²) in [4.78, 5) is 10.3. The molecule has 0 radical (unpaired) electrons. The average Bonchev–Trinajstić information content (AvgIpc) is 1.92. The van der Waals surface area contributed by atoms with Crippen molar-refractivity contribution < 1.29 is 4.79 Å². The Hall–Kier alpha value is -0.370. The Kier molecular flexibility index (Phi) is 14.1. The van der Waals surface area contributed by atoms with Crippen LogP contribution in [0.5, 0.6) is 0 Å². The highest BCUT2D eigenvalue weighted by Gasteiger charge is 1.89. The van der Waals surface area contributed by atoms with Crippen LogP contribution in [0, 0.1) is 0 Å². The second-order valence-corrected chi connectivity index (χ2v) is 1.95. The van der Waals surface area contributed by atoms with Gasteiger partial charge in [0.1, 0.15) is 5.78 Å². The van der Waals surface area contributed by atoms with Crippen LogP contribution in [0.15, 0.2) is 0 Å². The number of hydrogen-bond donors (Lipinski definition) is 1. The second-order valence-electron chi connectivity index (χ2n) is 1.95. The van der Waals surface area contributed by atoms with Gasteiger partial charge in [0.15, 0.2) is 0 Å². The molecule has 0 fully saturated rings. The Balaban J connectivity index is 0. The molecule has 10 heavy (non-hydrogen) atoms. The summed E-state index contributed by atoms with van der Waals surface area (Å²) in [5, 5.41) is 0. The van der Waals surface area contributed by atoms with Crippen molar-refractivity contribution in [2.45, 2.75) is 40.0 Å². The number of carbonyl (C=O) groups excluding carboxylic acids is 1. The van der Waals surface area contributed by atoms with Crippen molar-refractivity contribution in [3.63, 3.8) is 0 Å². The molecular formula is C8H19NO. The van der Waals surface area contributed by atoms with Crippen molar-refractivity contribution in [2.75, 3.05) is 6.54 Å². The number of Topliss-reactive ketones (excluding diaryl/α,β-unsaturated/α-hetero) is 1. The van der Waals surface area contributed by atoms with Crippen LogP contribution in [0.2, 0.25) is 0 Å². The molecule has 0 aliphatic carbocycles. The van der Waals surface area contributed by atoms with Gasteiger partial charge in [-0.1, -0.05) is 13.8 Å². The zero-order valence-corrected chi connectivity index (χ0v) is 7.31. The van der Waals surface area contributed by atoms with Crippen molar-refractivity contribution in [2.24, 2.45) is 5.73 Å². The molecule has 0 saturated carbocycles. The van der Waals surface area contributed by atoms with Gasteiger partial charge in [-0.25, -0.2) is 0 Å². The third kappa shape index (κ3) is 15.6. The minimum atomic E-state index is 0.262. The summed E-state index contributed by atoms with van der Waals surface area (Å²) in [6.07, 6.45) is 2.61. The first-order chi connectivity index (χ1) is 4.77. The highest BCUT2D eigenvalue weighted by molar-refractivity contribution is 5.75. The molecule has 2 nitrogen and oxygen atoms in total.